The maximum atomic E-state index is 5.51. The zero-order chi connectivity index (χ0) is 12.9. The van der Waals surface area contributed by atoms with E-state index in [1.54, 1.807) is 5.57 Å². The van der Waals surface area contributed by atoms with Crippen molar-refractivity contribution in [2.75, 3.05) is 26.3 Å². The number of morpholine rings is 1. The smallest absolute Gasteiger partial charge is 0.0594 e. The first kappa shape index (κ1) is 12.9. The van der Waals surface area contributed by atoms with Crippen LogP contribution in [0, 0.1) is 0 Å². The molecule has 1 heterocycles. The summed E-state index contributed by atoms with van der Waals surface area (Å²) in [6.07, 6.45) is 7.70. The summed E-state index contributed by atoms with van der Waals surface area (Å²) < 4.78 is 5.51. The highest BCUT2D eigenvalue weighted by Gasteiger charge is 2.26. The molecule has 0 aromatic heterocycles. The van der Waals surface area contributed by atoms with Gasteiger partial charge >= 0.3 is 0 Å². The first-order valence-corrected chi connectivity index (χ1v) is 7.51. The zero-order valence-electron chi connectivity index (χ0n) is 11.6. The van der Waals surface area contributed by atoms with Crippen LogP contribution in [0.15, 0.2) is 42.0 Å². The van der Waals surface area contributed by atoms with Gasteiger partial charge in [-0.05, 0) is 31.2 Å². The molecule has 0 saturated carbocycles. The first-order chi connectivity index (χ1) is 9.45. The average Bonchev–Trinajstić information content (AvgIpc) is 2.51. The normalized spacial score (nSPS) is 22.8. The Labute approximate surface area is 116 Å². The van der Waals surface area contributed by atoms with Crippen LogP contribution in [-0.2, 0) is 4.74 Å². The van der Waals surface area contributed by atoms with Crippen LogP contribution in [0.2, 0.25) is 0 Å². The second-order valence-corrected chi connectivity index (χ2v) is 5.49. The number of allylic oxidation sites excluding steroid dienone is 1. The molecule has 19 heavy (non-hydrogen) atoms. The topological polar surface area (TPSA) is 12.5 Å². The molecule has 1 aliphatic carbocycles. The fourth-order valence-corrected chi connectivity index (χ4v) is 3.24. The molecule has 1 atom stereocenters. The van der Waals surface area contributed by atoms with E-state index in [9.17, 15) is 0 Å². The van der Waals surface area contributed by atoms with Crippen LogP contribution in [0.5, 0.6) is 0 Å². The van der Waals surface area contributed by atoms with Crippen molar-refractivity contribution in [3.63, 3.8) is 0 Å². The molecule has 2 aliphatic rings. The van der Waals surface area contributed by atoms with Crippen LogP contribution in [0.25, 0.3) is 0 Å². The largest absolute Gasteiger partial charge is 0.379 e. The average molecular weight is 257 g/mol. The molecule has 2 heteroatoms. The van der Waals surface area contributed by atoms with Crippen LogP contribution in [-0.4, -0.2) is 31.2 Å². The van der Waals surface area contributed by atoms with Crippen molar-refractivity contribution < 1.29 is 4.74 Å². The standard InChI is InChI=1S/C17H23NO/c1-3-7-15(8-4-1)17(16-9-5-2-6-10-16)18-11-13-19-14-12-18/h1,3-4,7-9,17H,2,5-6,10-14H2. The lowest BCUT2D eigenvalue weighted by Crippen LogP contribution is -2.40. The van der Waals surface area contributed by atoms with E-state index in [1.807, 2.05) is 0 Å². The lowest BCUT2D eigenvalue weighted by atomic mass is 9.88. The Morgan fingerprint density at radius 2 is 1.79 bits per heavy atom. The molecule has 1 fully saturated rings. The number of benzene rings is 1. The summed E-state index contributed by atoms with van der Waals surface area (Å²) in [6.45, 7) is 3.85. The molecular weight excluding hydrogens is 234 g/mol. The molecule has 1 aromatic carbocycles. The van der Waals surface area contributed by atoms with E-state index in [0.717, 1.165) is 26.3 Å². The lowest BCUT2D eigenvalue weighted by Gasteiger charge is -2.37. The van der Waals surface area contributed by atoms with Gasteiger partial charge in [0.1, 0.15) is 0 Å². The Morgan fingerprint density at radius 3 is 2.47 bits per heavy atom. The molecule has 3 rings (SSSR count). The van der Waals surface area contributed by atoms with Crippen LogP contribution in [0.3, 0.4) is 0 Å². The molecule has 1 aromatic rings. The summed E-state index contributed by atoms with van der Waals surface area (Å²) in [4.78, 5) is 2.59. The Kier molecular flexibility index (Phi) is 4.31. The Balaban J connectivity index is 1.88. The minimum atomic E-state index is 0.477. The Hall–Kier alpha value is -1.12. The van der Waals surface area contributed by atoms with Gasteiger partial charge in [0, 0.05) is 13.1 Å². The second kappa shape index (κ2) is 6.36. The first-order valence-electron chi connectivity index (χ1n) is 7.51. The third kappa shape index (κ3) is 3.07. The van der Waals surface area contributed by atoms with E-state index in [4.69, 9.17) is 4.74 Å². The van der Waals surface area contributed by atoms with Crippen LogP contribution < -0.4 is 0 Å². The molecule has 1 unspecified atom stereocenters. The van der Waals surface area contributed by atoms with Crippen molar-refractivity contribution in [1.82, 2.24) is 4.90 Å². The highest BCUT2D eigenvalue weighted by molar-refractivity contribution is 5.29. The maximum absolute atomic E-state index is 5.51. The summed E-state index contributed by atoms with van der Waals surface area (Å²) in [5.74, 6) is 0. The van der Waals surface area contributed by atoms with E-state index in [0.29, 0.717) is 6.04 Å². The second-order valence-electron chi connectivity index (χ2n) is 5.49. The summed E-state index contributed by atoms with van der Waals surface area (Å²) in [5.41, 5.74) is 3.07. The minimum absolute atomic E-state index is 0.477. The van der Waals surface area contributed by atoms with Gasteiger partial charge in [0.15, 0.2) is 0 Å². The molecule has 0 N–H and O–H groups in total. The summed E-state index contributed by atoms with van der Waals surface area (Å²) in [6, 6.07) is 11.4. The molecule has 2 nitrogen and oxygen atoms in total. The van der Waals surface area contributed by atoms with Gasteiger partial charge in [0.25, 0.3) is 0 Å². The van der Waals surface area contributed by atoms with Crippen molar-refractivity contribution in [3.8, 4) is 0 Å². The fraction of sp³-hybridized carbons (Fsp3) is 0.529. The maximum Gasteiger partial charge on any atom is 0.0594 e. The van der Waals surface area contributed by atoms with E-state index in [2.05, 4.69) is 41.3 Å². The quantitative estimate of drug-likeness (QED) is 0.768. The van der Waals surface area contributed by atoms with E-state index < -0.39 is 0 Å². The Bertz CT molecular complexity index is 420. The molecule has 0 radical (unpaired) electrons. The lowest BCUT2D eigenvalue weighted by molar-refractivity contribution is 0.0224. The van der Waals surface area contributed by atoms with Gasteiger partial charge in [-0.1, -0.05) is 42.0 Å². The third-order valence-corrected chi connectivity index (χ3v) is 4.20. The molecule has 0 spiro atoms. The van der Waals surface area contributed by atoms with Gasteiger partial charge in [-0.25, -0.2) is 0 Å². The molecule has 102 valence electrons. The number of ether oxygens (including phenoxy) is 1. The highest BCUT2D eigenvalue weighted by Crippen LogP contribution is 2.34. The minimum Gasteiger partial charge on any atom is -0.379 e. The van der Waals surface area contributed by atoms with Gasteiger partial charge in [-0.3, -0.25) is 4.90 Å². The van der Waals surface area contributed by atoms with Crippen molar-refractivity contribution in [2.45, 2.75) is 31.7 Å². The third-order valence-electron chi connectivity index (χ3n) is 4.20. The summed E-state index contributed by atoms with van der Waals surface area (Å²) in [5, 5.41) is 0. The highest BCUT2D eigenvalue weighted by atomic mass is 16.5. The van der Waals surface area contributed by atoms with Crippen molar-refractivity contribution in [3.05, 3.63) is 47.5 Å². The fourth-order valence-electron chi connectivity index (χ4n) is 3.24. The van der Waals surface area contributed by atoms with Crippen molar-refractivity contribution in [1.29, 1.82) is 0 Å². The zero-order valence-corrected chi connectivity index (χ0v) is 11.6. The van der Waals surface area contributed by atoms with E-state index >= 15 is 0 Å². The van der Waals surface area contributed by atoms with Crippen LogP contribution >= 0.6 is 0 Å². The molecule has 1 saturated heterocycles. The van der Waals surface area contributed by atoms with Crippen LogP contribution in [0.1, 0.15) is 37.3 Å². The van der Waals surface area contributed by atoms with E-state index in [1.165, 1.54) is 31.2 Å². The number of hydrogen-bond donors (Lipinski definition) is 0. The predicted octanol–water partition coefficient (Wildman–Crippen LogP) is 3.56. The van der Waals surface area contributed by atoms with Crippen molar-refractivity contribution >= 4 is 0 Å². The van der Waals surface area contributed by atoms with Gasteiger partial charge in [0.2, 0.25) is 0 Å². The van der Waals surface area contributed by atoms with Crippen LogP contribution in [0.4, 0.5) is 0 Å². The summed E-state index contributed by atoms with van der Waals surface area (Å²) >= 11 is 0. The van der Waals surface area contributed by atoms with E-state index in [-0.39, 0.29) is 0 Å². The Morgan fingerprint density at radius 1 is 1.00 bits per heavy atom. The van der Waals surface area contributed by atoms with Gasteiger partial charge in [-0.2, -0.15) is 0 Å². The van der Waals surface area contributed by atoms with Gasteiger partial charge < -0.3 is 4.74 Å². The monoisotopic (exact) mass is 257 g/mol. The molecule has 0 amide bonds. The number of hydrogen-bond acceptors (Lipinski definition) is 2. The summed E-state index contributed by atoms with van der Waals surface area (Å²) in [7, 11) is 0. The predicted molar refractivity (Wildman–Crippen MR) is 78.1 cm³/mol. The molecule has 0 bridgehead atoms. The number of nitrogens with zero attached hydrogens (tertiary/aromatic N) is 1. The van der Waals surface area contributed by atoms with Gasteiger partial charge in [0.05, 0.1) is 19.3 Å². The molecular formula is C17H23NO. The SMILES string of the molecule is C1=C(C(c2ccccc2)N2CCOCC2)CCCC1. The van der Waals surface area contributed by atoms with Gasteiger partial charge in [-0.15, -0.1) is 0 Å². The molecule has 1 aliphatic heterocycles. The van der Waals surface area contributed by atoms with Crippen molar-refractivity contribution in [2.24, 2.45) is 0 Å². The number of rotatable bonds is 3.